The van der Waals surface area contributed by atoms with Crippen molar-refractivity contribution in [3.8, 4) is 11.5 Å². The Bertz CT molecular complexity index is 707. The van der Waals surface area contributed by atoms with Crippen molar-refractivity contribution in [2.24, 2.45) is 0 Å². The van der Waals surface area contributed by atoms with Gasteiger partial charge in [0.25, 0.3) is 0 Å². The molecule has 0 saturated heterocycles. The fourth-order valence-electron chi connectivity index (χ4n) is 2.72. The molecule has 6 nitrogen and oxygen atoms in total. The summed E-state index contributed by atoms with van der Waals surface area (Å²) in [5, 5.41) is 2.95. The van der Waals surface area contributed by atoms with E-state index in [0.29, 0.717) is 36.9 Å². The molecular weight excluding hydrogens is 344 g/mol. The Balaban J connectivity index is 2.07. The van der Waals surface area contributed by atoms with Crippen LogP contribution in [0.2, 0.25) is 0 Å². The predicted molar refractivity (Wildman–Crippen MR) is 107 cm³/mol. The van der Waals surface area contributed by atoms with Gasteiger partial charge in [-0.25, -0.2) is 4.79 Å². The number of carbonyl (C=O) groups excluding carboxylic acids is 1. The molecule has 0 atom stereocenters. The number of methoxy groups -OCH3 is 3. The number of carbonyl (C=O) groups is 1. The molecule has 0 saturated carbocycles. The molecule has 2 aromatic carbocycles. The van der Waals surface area contributed by atoms with E-state index in [9.17, 15) is 4.79 Å². The molecule has 0 heterocycles. The SMILES string of the molecule is COCCCCN(Cc1ccccc1)C(=O)Nc1ccc(OC)c(OC)c1. The second kappa shape index (κ2) is 11.1. The Labute approximate surface area is 161 Å². The molecule has 0 aliphatic rings. The zero-order valence-corrected chi connectivity index (χ0v) is 16.2. The van der Waals surface area contributed by atoms with Gasteiger partial charge in [-0.3, -0.25) is 0 Å². The first-order chi connectivity index (χ1) is 13.2. The molecular formula is C21H28N2O4. The van der Waals surface area contributed by atoms with Crippen LogP contribution in [-0.4, -0.2) is 45.4 Å². The third kappa shape index (κ3) is 6.49. The normalized spacial score (nSPS) is 10.3. The molecule has 0 aliphatic carbocycles. The van der Waals surface area contributed by atoms with E-state index >= 15 is 0 Å². The van der Waals surface area contributed by atoms with Gasteiger partial charge in [0.15, 0.2) is 11.5 Å². The number of amides is 2. The summed E-state index contributed by atoms with van der Waals surface area (Å²) >= 11 is 0. The maximum atomic E-state index is 12.8. The number of hydrogen-bond donors (Lipinski definition) is 1. The highest BCUT2D eigenvalue weighted by Crippen LogP contribution is 2.29. The average Bonchev–Trinajstić information content (AvgIpc) is 2.70. The highest BCUT2D eigenvalue weighted by molar-refractivity contribution is 5.89. The topological polar surface area (TPSA) is 60.0 Å². The van der Waals surface area contributed by atoms with Gasteiger partial charge in [0.05, 0.1) is 14.2 Å². The number of anilines is 1. The van der Waals surface area contributed by atoms with Crippen molar-refractivity contribution in [2.45, 2.75) is 19.4 Å². The lowest BCUT2D eigenvalue weighted by atomic mass is 10.2. The highest BCUT2D eigenvalue weighted by atomic mass is 16.5. The van der Waals surface area contributed by atoms with Crippen LogP contribution < -0.4 is 14.8 Å². The zero-order valence-electron chi connectivity index (χ0n) is 16.2. The van der Waals surface area contributed by atoms with Gasteiger partial charge in [0.1, 0.15) is 0 Å². The second-order valence-electron chi connectivity index (χ2n) is 6.11. The van der Waals surface area contributed by atoms with Crippen molar-refractivity contribution in [3.05, 3.63) is 54.1 Å². The maximum Gasteiger partial charge on any atom is 0.322 e. The predicted octanol–water partition coefficient (Wildman–Crippen LogP) is 4.16. The lowest BCUT2D eigenvalue weighted by molar-refractivity contribution is 0.182. The van der Waals surface area contributed by atoms with E-state index in [4.69, 9.17) is 14.2 Å². The van der Waals surface area contributed by atoms with Gasteiger partial charge < -0.3 is 24.4 Å². The zero-order chi connectivity index (χ0) is 19.5. The van der Waals surface area contributed by atoms with E-state index < -0.39 is 0 Å². The maximum absolute atomic E-state index is 12.8. The average molecular weight is 372 g/mol. The van der Waals surface area contributed by atoms with Gasteiger partial charge in [-0.2, -0.15) is 0 Å². The van der Waals surface area contributed by atoms with Gasteiger partial charge in [0.2, 0.25) is 0 Å². The largest absolute Gasteiger partial charge is 0.493 e. The molecule has 27 heavy (non-hydrogen) atoms. The Morgan fingerprint density at radius 3 is 2.37 bits per heavy atom. The first-order valence-corrected chi connectivity index (χ1v) is 8.98. The molecule has 0 bridgehead atoms. The summed E-state index contributed by atoms with van der Waals surface area (Å²) in [6, 6.07) is 15.1. The van der Waals surface area contributed by atoms with Crippen LogP contribution in [-0.2, 0) is 11.3 Å². The summed E-state index contributed by atoms with van der Waals surface area (Å²) in [5.41, 5.74) is 1.75. The monoisotopic (exact) mass is 372 g/mol. The minimum Gasteiger partial charge on any atom is -0.493 e. The summed E-state index contributed by atoms with van der Waals surface area (Å²) in [5.74, 6) is 1.20. The van der Waals surface area contributed by atoms with Crippen LogP contribution in [0.4, 0.5) is 10.5 Å². The quantitative estimate of drug-likeness (QED) is 0.636. The third-order valence-corrected chi connectivity index (χ3v) is 4.16. The Kier molecular flexibility index (Phi) is 8.45. The number of hydrogen-bond acceptors (Lipinski definition) is 4. The minimum absolute atomic E-state index is 0.150. The van der Waals surface area contributed by atoms with Crippen molar-refractivity contribution in [1.29, 1.82) is 0 Å². The molecule has 2 aromatic rings. The third-order valence-electron chi connectivity index (χ3n) is 4.16. The van der Waals surface area contributed by atoms with Crippen LogP contribution in [0.25, 0.3) is 0 Å². The summed E-state index contributed by atoms with van der Waals surface area (Å²) in [7, 11) is 4.84. The van der Waals surface area contributed by atoms with Crippen molar-refractivity contribution in [2.75, 3.05) is 39.8 Å². The summed E-state index contributed by atoms with van der Waals surface area (Å²) < 4.78 is 15.6. The number of benzene rings is 2. The van der Waals surface area contributed by atoms with Crippen LogP contribution >= 0.6 is 0 Å². The Morgan fingerprint density at radius 1 is 0.963 bits per heavy atom. The smallest absolute Gasteiger partial charge is 0.322 e. The van der Waals surface area contributed by atoms with Gasteiger partial charge >= 0.3 is 6.03 Å². The van der Waals surface area contributed by atoms with Crippen molar-refractivity contribution in [3.63, 3.8) is 0 Å². The number of unbranched alkanes of at least 4 members (excludes halogenated alkanes) is 1. The van der Waals surface area contributed by atoms with Crippen LogP contribution in [0, 0.1) is 0 Å². The van der Waals surface area contributed by atoms with Gasteiger partial charge in [-0.05, 0) is 30.5 Å². The minimum atomic E-state index is -0.150. The van der Waals surface area contributed by atoms with E-state index in [1.165, 1.54) is 0 Å². The van der Waals surface area contributed by atoms with E-state index in [1.54, 1.807) is 39.5 Å². The lowest BCUT2D eigenvalue weighted by Crippen LogP contribution is -2.35. The van der Waals surface area contributed by atoms with Crippen LogP contribution in [0.1, 0.15) is 18.4 Å². The fourth-order valence-corrected chi connectivity index (χ4v) is 2.72. The molecule has 0 fully saturated rings. The van der Waals surface area contributed by atoms with Crippen molar-refractivity contribution < 1.29 is 19.0 Å². The molecule has 0 radical (unpaired) electrons. The number of urea groups is 1. The van der Waals surface area contributed by atoms with E-state index in [1.807, 2.05) is 35.2 Å². The first kappa shape index (κ1) is 20.6. The highest BCUT2D eigenvalue weighted by Gasteiger charge is 2.15. The molecule has 146 valence electrons. The molecule has 2 amide bonds. The van der Waals surface area contributed by atoms with E-state index in [2.05, 4.69) is 5.32 Å². The summed E-state index contributed by atoms with van der Waals surface area (Å²) in [6.07, 6.45) is 1.78. The standard InChI is InChI=1S/C21H28N2O4/c1-25-14-8-7-13-23(16-17-9-5-4-6-10-17)21(24)22-18-11-12-19(26-2)20(15-18)27-3/h4-6,9-12,15H,7-8,13-14,16H2,1-3H3,(H,22,24). The van der Waals surface area contributed by atoms with Gasteiger partial charge in [-0.15, -0.1) is 0 Å². The van der Waals surface area contributed by atoms with Gasteiger partial charge in [0, 0.05) is 38.6 Å². The van der Waals surface area contributed by atoms with E-state index in [-0.39, 0.29) is 6.03 Å². The molecule has 0 aromatic heterocycles. The van der Waals surface area contributed by atoms with Crippen molar-refractivity contribution >= 4 is 11.7 Å². The molecule has 1 N–H and O–H groups in total. The fraction of sp³-hybridized carbons (Fsp3) is 0.381. The molecule has 0 spiro atoms. The molecule has 0 unspecified atom stereocenters. The lowest BCUT2D eigenvalue weighted by Gasteiger charge is -2.23. The van der Waals surface area contributed by atoms with Gasteiger partial charge in [-0.1, -0.05) is 30.3 Å². The Hall–Kier alpha value is -2.73. The summed E-state index contributed by atoms with van der Waals surface area (Å²) in [6.45, 7) is 1.89. The van der Waals surface area contributed by atoms with E-state index in [0.717, 1.165) is 18.4 Å². The Morgan fingerprint density at radius 2 is 1.70 bits per heavy atom. The van der Waals surface area contributed by atoms with Crippen LogP contribution in [0.3, 0.4) is 0 Å². The number of ether oxygens (including phenoxy) is 3. The van der Waals surface area contributed by atoms with Crippen molar-refractivity contribution in [1.82, 2.24) is 4.90 Å². The number of nitrogens with one attached hydrogen (secondary N) is 1. The van der Waals surface area contributed by atoms with Crippen LogP contribution in [0.15, 0.2) is 48.5 Å². The number of rotatable bonds is 10. The number of nitrogens with zero attached hydrogens (tertiary/aromatic N) is 1. The first-order valence-electron chi connectivity index (χ1n) is 8.98. The molecule has 0 aliphatic heterocycles. The molecule has 2 rings (SSSR count). The summed E-state index contributed by atoms with van der Waals surface area (Å²) in [4.78, 5) is 14.7. The molecule has 6 heteroatoms. The van der Waals surface area contributed by atoms with Crippen LogP contribution in [0.5, 0.6) is 11.5 Å². The second-order valence-corrected chi connectivity index (χ2v) is 6.11.